The van der Waals surface area contributed by atoms with E-state index >= 15 is 0 Å². The summed E-state index contributed by atoms with van der Waals surface area (Å²) in [5.41, 5.74) is -0.994. The van der Waals surface area contributed by atoms with Crippen LogP contribution in [0.2, 0.25) is 0 Å². The molecule has 0 aromatic heterocycles. The van der Waals surface area contributed by atoms with Gasteiger partial charge >= 0.3 is 0 Å². The van der Waals surface area contributed by atoms with Gasteiger partial charge in [0.15, 0.2) is 0 Å². The SMILES string of the molecule is CN=C(C)N1C[C@H](O)[C@](C)(O)C1. The highest BCUT2D eigenvalue weighted by atomic mass is 16.3. The van der Waals surface area contributed by atoms with E-state index in [2.05, 4.69) is 4.99 Å². The topological polar surface area (TPSA) is 56.1 Å². The van der Waals surface area contributed by atoms with Crippen LogP contribution in [0.5, 0.6) is 0 Å². The minimum absolute atomic E-state index is 0.456. The molecule has 1 rings (SSSR count). The van der Waals surface area contributed by atoms with Crippen molar-refractivity contribution in [2.45, 2.75) is 25.6 Å². The van der Waals surface area contributed by atoms with Crippen LogP contribution in [-0.4, -0.2) is 52.8 Å². The Hall–Kier alpha value is -0.610. The Morgan fingerprint density at radius 3 is 2.58 bits per heavy atom. The number of aliphatic hydroxyl groups is 2. The van der Waals surface area contributed by atoms with Crippen molar-refractivity contribution in [3.8, 4) is 0 Å². The molecule has 4 nitrogen and oxygen atoms in total. The maximum absolute atomic E-state index is 9.63. The van der Waals surface area contributed by atoms with E-state index in [-0.39, 0.29) is 0 Å². The molecule has 1 aliphatic heterocycles. The molecule has 0 unspecified atom stereocenters. The number of hydrogen-bond donors (Lipinski definition) is 2. The monoisotopic (exact) mass is 172 g/mol. The third kappa shape index (κ3) is 1.59. The molecule has 0 spiro atoms. The highest BCUT2D eigenvalue weighted by Crippen LogP contribution is 2.21. The van der Waals surface area contributed by atoms with E-state index in [4.69, 9.17) is 0 Å². The fourth-order valence-corrected chi connectivity index (χ4v) is 1.35. The molecule has 0 saturated carbocycles. The van der Waals surface area contributed by atoms with E-state index in [9.17, 15) is 10.2 Å². The van der Waals surface area contributed by atoms with Crippen molar-refractivity contribution < 1.29 is 10.2 Å². The van der Waals surface area contributed by atoms with Gasteiger partial charge in [-0.15, -0.1) is 0 Å². The highest BCUT2D eigenvalue weighted by molar-refractivity contribution is 5.80. The number of hydrogen-bond acceptors (Lipinski definition) is 3. The second-order valence-corrected chi connectivity index (χ2v) is 3.52. The molecule has 1 heterocycles. The van der Waals surface area contributed by atoms with Gasteiger partial charge in [-0.05, 0) is 13.8 Å². The van der Waals surface area contributed by atoms with Crippen molar-refractivity contribution in [1.29, 1.82) is 0 Å². The Morgan fingerprint density at radius 2 is 2.25 bits per heavy atom. The number of nitrogens with zero attached hydrogens (tertiary/aromatic N) is 2. The van der Waals surface area contributed by atoms with Gasteiger partial charge in [0.1, 0.15) is 11.7 Å². The van der Waals surface area contributed by atoms with Gasteiger partial charge in [-0.3, -0.25) is 4.99 Å². The third-order valence-electron chi connectivity index (χ3n) is 2.40. The van der Waals surface area contributed by atoms with E-state index in [1.807, 2.05) is 11.8 Å². The summed E-state index contributed by atoms with van der Waals surface area (Å²) in [7, 11) is 1.70. The van der Waals surface area contributed by atoms with Gasteiger partial charge in [0, 0.05) is 13.6 Å². The molecule has 0 radical (unpaired) electrons. The van der Waals surface area contributed by atoms with Crippen molar-refractivity contribution in [2.24, 2.45) is 4.99 Å². The number of likely N-dealkylation sites (tertiary alicyclic amines) is 1. The average Bonchev–Trinajstić information content (AvgIpc) is 2.25. The molecule has 1 aliphatic rings. The molecule has 2 atom stereocenters. The number of amidine groups is 1. The maximum atomic E-state index is 9.63. The smallest absolute Gasteiger partial charge is 0.107 e. The van der Waals surface area contributed by atoms with Crippen LogP contribution in [0.1, 0.15) is 13.8 Å². The summed E-state index contributed by atoms with van der Waals surface area (Å²) in [4.78, 5) is 5.87. The summed E-state index contributed by atoms with van der Waals surface area (Å²) in [6.07, 6.45) is -0.672. The maximum Gasteiger partial charge on any atom is 0.107 e. The van der Waals surface area contributed by atoms with Crippen LogP contribution in [0.4, 0.5) is 0 Å². The number of aliphatic imine (C=N–C) groups is 1. The third-order valence-corrected chi connectivity index (χ3v) is 2.40. The van der Waals surface area contributed by atoms with Crippen LogP contribution in [0.15, 0.2) is 4.99 Å². The first kappa shape index (κ1) is 9.48. The van der Waals surface area contributed by atoms with Gasteiger partial charge in [-0.1, -0.05) is 0 Å². The molecule has 0 aliphatic carbocycles. The van der Waals surface area contributed by atoms with E-state index < -0.39 is 11.7 Å². The van der Waals surface area contributed by atoms with Crippen LogP contribution in [0.3, 0.4) is 0 Å². The quantitative estimate of drug-likeness (QED) is 0.381. The average molecular weight is 172 g/mol. The Balaban J connectivity index is 2.67. The molecule has 0 amide bonds. The zero-order valence-electron chi connectivity index (χ0n) is 7.78. The molecule has 0 bridgehead atoms. The van der Waals surface area contributed by atoms with E-state index in [1.165, 1.54) is 0 Å². The zero-order chi connectivity index (χ0) is 9.35. The van der Waals surface area contributed by atoms with Gasteiger partial charge in [0.05, 0.1) is 12.4 Å². The molecule has 70 valence electrons. The Bertz CT molecular complexity index is 201. The lowest BCUT2D eigenvalue weighted by Crippen LogP contribution is -2.38. The van der Waals surface area contributed by atoms with Crippen LogP contribution < -0.4 is 0 Å². The summed E-state index contributed by atoms with van der Waals surface area (Å²) < 4.78 is 0. The van der Waals surface area contributed by atoms with Crippen molar-refractivity contribution >= 4 is 5.84 Å². The van der Waals surface area contributed by atoms with Crippen molar-refractivity contribution in [2.75, 3.05) is 20.1 Å². The summed E-state index contributed by atoms with van der Waals surface area (Å²) in [5.74, 6) is 0.854. The fourth-order valence-electron chi connectivity index (χ4n) is 1.35. The number of aliphatic hydroxyl groups excluding tert-OH is 1. The summed E-state index contributed by atoms with van der Waals surface area (Å²) in [5, 5.41) is 19.1. The van der Waals surface area contributed by atoms with E-state index in [0.717, 1.165) is 5.84 Å². The second-order valence-electron chi connectivity index (χ2n) is 3.52. The van der Waals surface area contributed by atoms with Crippen LogP contribution in [0, 0.1) is 0 Å². The van der Waals surface area contributed by atoms with Crippen molar-refractivity contribution in [1.82, 2.24) is 4.90 Å². The first-order chi connectivity index (χ1) is 5.47. The molecule has 4 heteroatoms. The minimum atomic E-state index is -0.994. The molecule has 12 heavy (non-hydrogen) atoms. The van der Waals surface area contributed by atoms with Crippen molar-refractivity contribution in [3.05, 3.63) is 0 Å². The van der Waals surface area contributed by atoms with Crippen LogP contribution in [0.25, 0.3) is 0 Å². The molecule has 2 N–H and O–H groups in total. The second kappa shape index (κ2) is 3.03. The summed E-state index contributed by atoms with van der Waals surface area (Å²) in [6.45, 7) is 4.43. The predicted molar refractivity (Wildman–Crippen MR) is 47.2 cm³/mol. The molecule has 1 fully saturated rings. The molecular formula is C8H16N2O2. The first-order valence-corrected chi connectivity index (χ1v) is 4.06. The molecular weight excluding hydrogens is 156 g/mol. The lowest BCUT2D eigenvalue weighted by molar-refractivity contribution is -0.0251. The molecule has 0 aromatic rings. The predicted octanol–water partition coefficient (Wildman–Crippen LogP) is -0.538. The van der Waals surface area contributed by atoms with Gasteiger partial charge in [-0.25, -0.2) is 0 Å². The normalized spacial score (nSPS) is 37.6. The van der Waals surface area contributed by atoms with Crippen LogP contribution in [-0.2, 0) is 0 Å². The first-order valence-electron chi connectivity index (χ1n) is 4.06. The standard InChI is InChI=1S/C8H16N2O2/c1-6(9-3)10-4-7(11)8(2,12)5-10/h7,11-12H,4-5H2,1-3H3/t7-,8+/m0/s1. The van der Waals surface area contributed by atoms with E-state index in [1.54, 1.807) is 14.0 Å². The lowest BCUT2D eigenvalue weighted by atomic mass is 10.0. The van der Waals surface area contributed by atoms with Crippen LogP contribution >= 0.6 is 0 Å². The van der Waals surface area contributed by atoms with Gasteiger partial charge in [0.2, 0.25) is 0 Å². The van der Waals surface area contributed by atoms with Gasteiger partial charge < -0.3 is 15.1 Å². The molecule has 1 saturated heterocycles. The van der Waals surface area contributed by atoms with Crippen molar-refractivity contribution in [3.63, 3.8) is 0 Å². The summed E-state index contributed by atoms with van der Waals surface area (Å²) >= 11 is 0. The Morgan fingerprint density at radius 1 is 1.67 bits per heavy atom. The number of rotatable bonds is 0. The highest BCUT2D eigenvalue weighted by Gasteiger charge is 2.40. The lowest BCUT2D eigenvalue weighted by Gasteiger charge is -2.20. The zero-order valence-corrected chi connectivity index (χ0v) is 7.78. The largest absolute Gasteiger partial charge is 0.388 e. The summed E-state index contributed by atoms with van der Waals surface area (Å²) in [6, 6.07) is 0. The molecule has 0 aromatic carbocycles. The fraction of sp³-hybridized carbons (Fsp3) is 0.875. The van der Waals surface area contributed by atoms with E-state index in [0.29, 0.717) is 13.1 Å². The Labute approximate surface area is 72.5 Å². The number of β-amino-alcohol motifs (C(OH)–C–C–N with tert-alkyl or cyclic N) is 2. The minimum Gasteiger partial charge on any atom is -0.388 e. The van der Waals surface area contributed by atoms with Gasteiger partial charge in [-0.2, -0.15) is 0 Å². The Kier molecular flexibility index (Phi) is 2.39. The van der Waals surface area contributed by atoms with Gasteiger partial charge in [0.25, 0.3) is 0 Å².